The summed E-state index contributed by atoms with van der Waals surface area (Å²) < 4.78 is 0. The van der Waals surface area contributed by atoms with Crippen LogP contribution >= 0.6 is 0 Å². The molecule has 1 aromatic rings. The first-order valence-electron chi connectivity index (χ1n) is 7.32. The van der Waals surface area contributed by atoms with Gasteiger partial charge in [0, 0.05) is 12.1 Å². The third-order valence-electron chi connectivity index (χ3n) is 3.84. The van der Waals surface area contributed by atoms with Crippen molar-refractivity contribution in [2.24, 2.45) is 0 Å². The zero-order valence-corrected chi connectivity index (χ0v) is 12.0. The molecule has 0 spiro atoms. The number of hydrogen-bond donors (Lipinski definition) is 2. The molecule has 0 atom stereocenters. The monoisotopic (exact) mass is 260 g/mol. The lowest BCUT2D eigenvalue weighted by molar-refractivity contribution is 0.0953. The predicted molar refractivity (Wildman–Crippen MR) is 78.6 cm³/mol. The van der Waals surface area contributed by atoms with Crippen LogP contribution in [0.25, 0.3) is 0 Å². The van der Waals surface area contributed by atoms with E-state index in [0.29, 0.717) is 5.92 Å². The predicted octanol–water partition coefficient (Wildman–Crippen LogP) is 2.60. The Hall–Kier alpha value is -1.35. The van der Waals surface area contributed by atoms with Crippen molar-refractivity contribution in [2.75, 3.05) is 19.6 Å². The van der Waals surface area contributed by atoms with E-state index in [2.05, 4.69) is 29.7 Å². The van der Waals surface area contributed by atoms with E-state index in [1.54, 1.807) is 0 Å². The van der Waals surface area contributed by atoms with E-state index in [-0.39, 0.29) is 5.91 Å². The lowest BCUT2D eigenvalue weighted by atomic mass is 9.88. The molecule has 1 fully saturated rings. The fraction of sp³-hybridized carbons (Fsp3) is 0.562. The third kappa shape index (κ3) is 3.57. The number of rotatable bonds is 4. The van der Waals surface area contributed by atoms with Crippen LogP contribution in [-0.4, -0.2) is 25.5 Å². The van der Waals surface area contributed by atoms with E-state index in [9.17, 15) is 4.79 Å². The molecule has 1 aromatic carbocycles. The average Bonchev–Trinajstić information content (AvgIpc) is 2.45. The van der Waals surface area contributed by atoms with Crippen LogP contribution in [0.15, 0.2) is 18.2 Å². The van der Waals surface area contributed by atoms with E-state index in [1.807, 2.05) is 13.0 Å². The van der Waals surface area contributed by atoms with Crippen molar-refractivity contribution in [1.29, 1.82) is 0 Å². The molecule has 1 amide bonds. The SMILES string of the molecule is CCCNC(=O)c1ccc(C2CCNCC2)cc1C. The maximum Gasteiger partial charge on any atom is 0.251 e. The molecule has 0 radical (unpaired) electrons. The molecule has 0 saturated carbocycles. The van der Waals surface area contributed by atoms with Crippen molar-refractivity contribution in [3.8, 4) is 0 Å². The van der Waals surface area contributed by atoms with Crippen LogP contribution in [-0.2, 0) is 0 Å². The first kappa shape index (κ1) is 14.1. The fourth-order valence-electron chi connectivity index (χ4n) is 2.68. The average molecular weight is 260 g/mol. The molecule has 104 valence electrons. The normalized spacial score (nSPS) is 16.3. The molecule has 19 heavy (non-hydrogen) atoms. The summed E-state index contributed by atoms with van der Waals surface area (Å²) in [5.41, 5.74) is 3.28. The minimum Gasteiger partial charge on any atom is -0.352 e. The van der Waals surface area contributed by atoms with Gasteiger partial charge in [0.05, 0.1) is 0 Å². The summed E-state index contributed by atoms with van der Waals surface area (Å²) in [6.07, 6.45) is 3.36. The topological polar surface area (TPSA) is 41.1 Å². The lowest BCUT2D eigenvalue weighted by Gasteiger charge is -2.23. The Morgan fingerprint density at radius 1 is 1.37 bits per heavy atom. The van der Waals surface area contributed by atoms with Crippen LogP contribution < -0.4 is 10.6 Å². The highest BCUT2D eigenvalue weighted by molar-refractivity contribution is 5.95. The summed E-state index contributed by atoms with van der Waals surface area (Å²) >= 11 is 0. The van der Waals surface area contributed by atoms with Crippen LogP contribution in [0.5, 0.6) is 0 Å². The zero-order valence-electron chi connectivity index (χ0n) is 12.0. The number of amides is 1. The van der Waals surface area contributed by atoms with Gasteiger partial charge in [-0.05, 0) is 62.4 Å². The van der Waals surface area contributed by atoms with Crippen molar-refractivity contribution < 1.29 is 4.79 Å². The Morgan fingerprint density at radius 2 is 2.11 bits per heavy atom. The number of piperidine rings is 1. The van der Waals surface area contributed by atoms with E-state index in [1.165, 1.54) is 18.4 Å². The molecule has 1 aliphatic heterocycles. The van der Waals surface area contributed by atoms with Crippen molar-refractivity contribution >= 4 is 5.91 Å². The molecule has 0 aliphatic carbocycles. The molecule has 1 saturated heterocycles. The highest BCUT2D eigenvalue weighted by Gasteiger charge is 2.17. The highest BCUT2D eigenvalue weighted by atomic mass is 16.1. The standard InChI is InChI=1S/C16H24N2O/c1-3-8-18-16(19)15-5-4-14(11-12(15)2)13-6-9-17-10-7-13/h4-5,11,13,17H,3,6-10H2,1-2H3,(H,18,19). The number of hydrogen-bond acceptors (Lipinski definition) is 2. The molecule has 1 heterocycles. The van der Waals surface area contributed by atoms with Gasteiger partial charge in [0.25, 0.3) is 5.91 Å². The van der Waals surface area contributed by atoms with Gasteiger partial charge in [-0.25, -0.2) is 0 Å². The smallest absolute Gasteiger partial charge is 0.251 e. The van der Waals surface area contributed by atoms with E-state index >= 15 is 0 Å². The maximum absolute atomic E-state index is 12.0. The summed E-state index contributed by atoms with van der Waals surface area (Å²) in [6, 6.07) is 6.30. The van der Waals surface area contributed by atoms with E-state index in [0.717, 1.165) is 37.2 Å². The zero-order chi connectivity index (χ0) is 13.7. The van der Waals surface area contributed by atoms with Gasteiger partial charge < -0.3 is 10.6 Å². The summed E-state index contributed by atoms with van der Waals surface area (Å²) in [7, 11) is 0. The highest BCUT2D eigenvalue weighted by Crippen LogP contribution is 2.26. The van der Waals surface area contributed by atoms with Crippen molar-refractivity contribution in [1.82, 2.24) is 10.6 Å². The Labute approximate surface area is 115 Å². The molecule has 0 aromatic heterocycles. The second-order valence-electron chi connectivity index (χ2n) is 5.35. The second-order valence-corrected chi connectivity index (χ2v) is 5.35. The quantitative estimate of drug-likeness (QED) is 0.873. The Bertz CT molecular complexity index is 436. The van der Waals surface area contributed by atoms with E-state index < -0.39 is 0 Å². The largest absolute Gasteiger partial charge is 0.352 e. The van der Waals surface area contributed by atoms with Crippen LogP contribution in [0, 0.1) is 6.92 Å². The Balaban J connectivity index is 2.09. The van der Waals surface area contributed by atoms with Gasteiger partial charge in [0.15, 0.2) is 0 Å². The number of nitrogens with one attached hydrogen (secondary N) is 2. The fourth-order valence-corrected chi connectivity index (χ4v) is 2.68. The molecule has 3 nitrogen and oxygen atoms in total. The molecule has 1 aliphatic rings. The van der Waals surface area contributed by atoms with E-state index in [4.69, 9.17) is 0 Å². The second kappa shape index (κ2) is 6.71. The Morgan fingerprint density at radius 3 is 2.74 bits per heavy atom. The number of aryl methyl sites for hydroxylation is 1. The van der Waals surface area contributed by atoms with Crippen molar-refractivity contribution in [3.05, 3.63) is 34.9 Å². The molecular formula is C16H24N2O. The summed E-state index contributed by atoms with van der Waals surface area (Å²) in [6.45, 7) is 7.04. The van der Waals surface area contributed by atoms with Gasteiger partial charge in [0.2, 0.25) is 0 Å². The summed E-state index contributed by atoms with van der Waals surface area (Å²) in [4.78, 5) is 12.0. The molecule has 2 rings (SSSR count). The van der Waals surface area contributed by atoms with Gasteiger partial charge in [0.1, 0.15) is 0 Å². The number of carbonyl (C=O) groups is 1. The molecule has 2 N–H and O–H groups in total. The van der Waals surface area contributed by atoms with Crippen LogP contribution in [0.1, 0.15) is 53.6 Å². The molecule has 3 heteroatoms. The third-order valence-corrected chi connectivity index (χ3v) is 3.84. The minimum atomic E-state index is 0.0520. The van der Waals surface area contributed by atoms with Gasteiger partial charge in [-0.2, -0.15) is 0 Å². The number of carbonyl (C=O) groups excluding carboxylic acids is 1. The van der Waals surface area contributed by atoms with Crippen LogP contribution in [0.2, 0.25) is 0 Å². The first-order chi connectivity index (χ1) is 9.22. The first-order valence-corrected chi connectivity index (χ1v) is 7.32. The lowest BCUT2D eigenvalue weighted by Crippen LogP contribution is -2.27. The van der Waals surface area contributed by atoms with Gasteiger partial charge in [-0.1, -0.05) is 19.1 Å². The molecular weight excluding hydrogens is 236 g/mol. The molecule has 0 unspecified atom stereocenters. The van der Waals surface area contributed by atoms with Gasteiger partial charge >= 0.3 is 0 Å². The van der Waals surface area contributed by atoms with Crippen molar-refractivity contribution in [2.45, 2.75) is 39.0 Å². The summed E-state index contributed by atoms with van der Waals surface area (Å²) in [5, 5.41) is 6.33. The molecule has 0 bridgehead atoms. The van der Waals surface area contributed by atoms with Crippen LogP contribution in [0.3, 0.4) is 0 Å². The minimum absolute atomic E-state index is 0.0520. The van der Waals surface area contributed by atoms with Crippen LogP contribution in [0.4, 0.5) is 0 Å². The summed E-state index contributed by atoms with van der Waals surface area (Å²) in [5.74, 6) is 0.698. The van der Waals surface area contributed by atoms with Gasteiger partial charge in [-0.15, -0.1) is 0 Å². The van der Waals surface area contributed by atoms with Gasteiger partial charge in [-0.3, -0.25) is 4.79 Å². The maximum atomic E-state index is 12.0. The number of benzene rings is 1. The van der Waals surface area contributed by atoms with Crippen molar-refractivity contribution in [3.63, 3.8) is 0 Å². The Kier molecular flexibility index (Phi) is 4.97.